The van der Waals surface area contributed by atoms with Gasteiger partial charge in [-0.2, -0.15) is 5.26 Å². The number of nitrogens with zero attached hydrogens (tertiary/aromatic N) is 4. The standard InChI is InChI=1S/C11H10N4/c1-8-3-4-11(9(2)5-8)15-7-10(6-12)13-14-15/h3-5,7H,1-2H3. The zero-order valence-corrected chi connectivity index (χ0v) is 8.60. The molecule has 0 N–H and O–H groups in total. The van der Waals surface area contributed by atoms with Crippen LogP contribution in [0.1, 0.15) is 16.8 Å². The Hall–Kier alpha value is -2.15. The fraction of sp³-hybridized carbons (Fsp3) is 0.182. The molecule has 2 aromatic rings. The minimum absolute atomic E-state index is 0.329. The normalized spacial score (nSPS) is 9.93. The lowest BCUT2D eigenvalue weighted by Crippen LogP contribution is -1.97. The van der Waals surface area contributed by atoms with Gasteiger partial charge in [0.15, 0.2) is 5.69 Å². The number of aromatic nitrogens is 3. The number of hydrogen-bond donors (Lipinski definition) is 0. The van der Waals surface area contributed by atoms with E-state index in [9.17, 15) is 0 Å². The van der Waals surface area contributed by atoms with E-state index >= 15 is 0 Å². The summed E-state index contributed by atoms with van der Waals surface area (Å²) in [5, 5.41) is 16.3. The molecule has 0 unspecified atom stereocenters. The summed E-state index contributed by atoms with van der Waals surface area (Å²) in [7, 11) is 0. The monoisotopic (exact) mass is 198 g/mol. The molecule has 0 amide bonds. The average Bonchev–Trinajstić information content (AvgIpc) is 2.66. The van der Waals surface area contributed by atoms with Crippen LogP contribution in [-0.2, 0) is 0 Å². The van der Waals surface area contributed by atoms with Gasteiger partial charge in [0.1, 0.15) is 6.07 Å². The number of aryl methyl sites for hydroxylation is 2. The predicted molar refractivity (Wildman–Crippen MR) is 55.5 cm³/mol. The van der Waals surface area contributed by atoms with E-state index in [1.807, 2.05) is 32.0 Å². The van der Waals surface area contributed by atoms with Crippen molar-refractivity contribution in [2.45, 2.75) is 13.8 Å². The lowest BCUT2D eigenvalue weighted by atomic mass is 10.1. The Morgan fingerprint density at radius 3 is 2.73 bits per heavy atom. The SMILES string of the molecule is Cc1ccc(-n2cc(C#N)nn2)c(C)c1. The summed E-state index contributed by atoms with van der Waals surface area (Å²) in [6, 6.07) is 8.01. The lowest BCUT2D eigenvalue weighted by molar-refractivity contribution is 0.797. The Morgan fingerprint density at radius 2 is 2.13 bits per heavy atom. The van der Waals surface area contributed by atoms with E-state index in [0.717, 1.165) is 11.3 Å². The van der Waals surface area contributed by atoms with E-state index in [1.54, 1.807) is 10.9 Å². The Morgan fingerprint density at radius 1 is 1.33 bits per heavy atom. The maximum absolute atomic E-state index is 8.65. The summed E-state index contributed by atoms with van der Waals surface area (Å²) < 4.78 is 1.62. The molecule has 1 aromatic carbocycles. The summed E-state index contributed by atoms with van der Waals surface area (Å²) in [6.45, 7) is 4.05. The fourth-order valence-electron chi connectivity index (χ4n) is 1.50. The first-order valence-electron chi connectivity index (χ1n) is 4.61. The van der Waals surface area contributed by atoms with E-state index in [4.69, 9.17) is 5.26 Å². The van der Waals surface area contributed by atoms with Crippen molar-refractivity contribution in [1.29, 1.82) is 5.26 Å². The van der Waals surface area contributed by atoms with Gasteiger partial charge < -0.3 is 0 Å². The van der Waals surface area contributed by atoms with E-state index in [-0.39, 0.29) is 0 Å². The van der Waals surface area contributed by atoms with Crippen LogP contribution in [0, 0.1) is 25.2 Å². The first kappa shape index (κ1) is 9.41. The van der Waals surface area contributed by atoms with Crippen molar-refractivity contribution in [2.24, 2.45) is 0 Å². The predicted octanol–water partition coefficient (Wildman–Crippen LogP) is 1.76. The summed E-state index contributed by atoms with van der Waals surface area (Å²) >= 11 is 0. The molecule has 0 saturated carbocycles. The van der Waals surface area contributed by atoms with Crippen LogP contribution in [0.5, 0.6) is 0 Å². The van der Waals surface area contributed by atoms with Crippen molar-refractivity contribution in [3.8, 4) is 11.8 Å². The molecule has 74 valence electrons. The Bertz CT molecular complexity index is 534. The molecule has 0 radical (unpaired) electrons. The van der Waals surface area contributed by atoms with Crippen LogP contribution in [0.4, 0.5) is 0 Å². The highest BCUT2D eigenvalue weighted by Gasteiger charge is 2.04. The van der Waals surface area contributed by atoms with Crippen molar-refractivity contribution < 1.29 is 0 Å². The highest BCUT2D eigenvalue weighted by atomic mass is 15.4. The Labute approximate surface area is 87.8 Å². The molecule has 0 aliphatic rings. The molecule has 4 nitrogen and oxygen atoms in total. The second kappa shape index (κ2) is 3.54. The van der Waals surface area contributed by atoms with Gasteiger partial charge in [0, 0.05) is 0 Å². The van der Waals surface area contributed by atoms with Crippen molar-refractivity contribution in [3.05, 3.63) is 41.2 Å². The van der Waals surface area contributed by atoms with Crippen LogP contribution < -0.4 is 0 Å². The smallest absolute Gasteiger partial charge is 0.183 e. The molecule has 15 heavy (non-hydrogen) atoms. The molecule has 0 fully saturated rings. The van der Waals surface area contributed by atoms with Gasteiger partial charge in [-0.3, -0.25) is 0 Å². The second-order valence-electron chi connectivity index (χ2n) is 3.45. The van der Waals surface area contributed by atoms with Crippen LogP contribution in [0.25, 0.3) is 5.69 Å². The third-order valence-electron chi connectivity index (χ3n) is 2.21. The van der Waals surface area contributed by atoms with E-state index < -0.39 is 0 Å². The van der Waals surface area contributed by atoms with E-state index in [2.05, 4.69) is 16.4 Å². The fourth-order valence-corrected chi connectivity index (χ4v) is 1.50. The van der Waals surface area contributed by atoms with Crippen LogP contribution in [0.3, 0.4) is 0 Å². The summed E-state index contributed by atoms with van der Waals surface area (Å²) in [5.41, 5.74) is 3.60. The van der Waals surface area contributed by atoms with Gasteiger partial charge in [-0.15, -0.1) is 5.10 Å². The quantitative estimate of drug-likeness (QED) is 0.701. The first-order chi connectivity index (χ1) is 7.20. The van der Waals surface area contributed by atoms with Gasteiger partial charge in [0.25, 0.3) is 0 Å². The van der Waals surface area contributed by atoms with E-state index in [0.29, 0.717) is 5.69 Å². The average molecular weight is 198 g/mol. The van der Waals surface area contributed by atoms with Crippen molar-refractivity contribution >= 4 is 0 Å². The van der Waals surface area contributed by atoms with Gasteiger partial charge in [-0.1, -0.05) is 22.9 Å². The molecular formula is C11H10N4. The highest BCUT2D eigenvalue weighted by molar-refractivity contribution is 5.42. The van der Waals surface area contributed by atoms with Crippen molar-refractivity contribution in [3.63, 3.8) is 0 Å². The largest absolute Gasteiger partial charge is 0.219 e. The maximum Gasteiger partial charge on any atom is 0.183 e. The van der Waals surface area contributed by atoms with Crippen LogP contribution in [0.15, 0.2) is 24.4 Å². The van der Waals surface area contributed by atoms with E-state index in [1.165, 1.54) is 5.56 Å². The lowest BCUT2D eigenvalue weighted by Gasteiger charge is -2.04. The minimum Gasteiger partial charge on any atom is -0.219 e. The molecule has 1 aromatic heterocycles. The molecule has 0 bridgehead atoms. The molecule has 2 rings (SSSR count). The number of nitriles is 1. The molecular weight excluding hydrogens is 188 g/mol. The number of benzene rings is 1. The summed E-state index contributed by atoms with van der Waals surface area (Å²) in [4.78, 5) is 0. The third kappa shape index (κ3) is 1.72. The molecule has 0 aliphatic carbocycles. The Kier molecular flexibility index (Phi) is 2.22. The van der Waals surface area contributed by atoms with Gasteiger partial charge in [0.05, 0.1) is 11.9 Å². The van der Waals surface area contributed by atoms with Gasteiger partial charge in [0.2, 0.25) is 0 Å². The van der Waals surface area contributed by atoms with Gasteiger partial charge >= 0.3 is 0 Å². The van der Waals surface area contributed by atoms with Crippen LogP contribution in [0.2, 0.25) is 0 Å². The van der Waals surface area contributed by atoms with Crippen LogP contribution in [-0.4, -0.2) is 15.0 Å². The highest BCUT2D eigenvalue weighted by Crippen LogP contribution is 2.14. The second-order valence-corrected chi connectivity index (χ2v) is 3.45. The third-order valence-corrected chi connectivity index (χ3v) is 2.21. The van der Waals surface area contributed by atoms with Gasteiger partial charge in [-0.05, 0) is 25.5 Å². The molecule has 0 saturated heterocycles. The van der Waals surface area contributed by atoms with Gasteiger partial charge in [-0.25, -0.2) is 4.68 Å². The van der Waals surface area contributed by atoms with Crippen LogP contribution >= 0.6 is 0 Å². The van der Waals surface area contributed by atoms with Crippen molar-refractivity contribution in [2.75, 3.05) is 0 Å². The molecule has 1 heterocycles. The molecule has 0 spiro atoms. The summed E-state index contributed by atoms with van der Waals surface area (Å²) in [5.74, 6) is 0. The molecule has 4 heteroatoms. The van der Waals surface area contributed by atoms with Crippen molar-refractivity contribution in [1.82, 2.24) is 15.0 Å². The molecule has 0 atom stereocenters. The Balaban J connectivity index is 2.50. The minimum atomic E-state index is 0.329. The zero-order valence-electron chi connectivity index (χ0n) is 8.60. The topological polar surface area (TPSA) is 54.5 Å². The molecule has 0 aliphatic heterocycles. The zero-order chi connectivity index (χ0) is 10.8. The number of rotatable bonds is 1. The first-order valence-corrected chi connectivity index (χ1v) is 4.61. The number of hydrogen-bond acceptors (Lipinski definition) is 3. The summed E-state index contributed by atoms with van der Waals surface area (Å²) in [6.07, 6.45) is 1.62. The maximum atomic E-state index is 8.65.